The molecule has 12 heteroatoms. The molecule has 182 valence electrons. The lowest BCUT2D eigenvalue weighted by Crippen LogP contribution is -2.38. The number of ether oxygens (including phenoxy) is 2. The van der Waals surface area contributed by atoms with E-state index in [2.05, 4.69) is 20.5 Å². The number of aromatic nitrogens is 5. The number of rotatable bonds is 9. The summed E-state index contributed by atoms with van der Waals surface area (Å²) in [5, 5.41) is 14.9. The molecule has 4 rings (SSSR count). The fourth-order valence-corrected chi connectivity index (χ4v) is 3.45. The van der Waals surface area contributed by atoms with E-state index in [0.29, 0.717) is 11.5 Å². The standard InChI is InChI=1S/C23H25N7O5/c1-28-20-19(21(32)29(2)23(28)33)30(22(26-20)27-25-12-15-8-10-24-11-9-15)13-16(31)14-35-18-6-4-17(34-3)5-7-18/h4-12,16,31H,13-14H2,1-3H3,(H,26,27)/b25-12+. The van der Waals surface area contributed by atoms with Crippen LogP contribution < -0.4 is 26.1 Å². The lowest BCUT2D eigenvalue weighted by Gasteiger charge is -2.15. The van der Waals surface area contributed by atoms with Crippen LogP contribution in [0.5, 0.6) is 11.5 Å². The van der Waals surface area contributed by atoms with Crippen molar-refractivity contribution in [2.45, 2.75) is 12.6 Å². The number of hydrogen-bond acceptors (Lipinski definition) is 9. The van der Waals surface area contributed by atoms with Crippen molar-refractivity contribution in [3.05, 3.63) is 75.2 Å². The number of hydrazone groups is 1. The van der Waals surface area contributed by atoms with Crippen LogP contribution in [0.15, 0.2) is 63.5 Å². The summed E-state index contributed by atoms with van der Waals surface area (Å²) in [6.45, 7) is -0.0784. The van der Waals surface area contributed by atoms with Crippen molar-refractivity contribution in [3.63, 3.8) is 0 Å². The van der Waals surface area contributed by atoms with Gasteiger partial charge in [-0.1, -0.05) is 0 Å². The predicted molar refractivity (Wildman–Crippen MR) is 130 cm³/mol. The molecule has 0 aliphatic rings. The zero-order valence-electron chi connectivity index (χ0n) is 19.5. The number of imidazole rings is 1. The van der Waals surface area contributed by atoms with E-state index in [0.717, 1.165) is 10.1 Å². The van der Waals surface area contributed by atoms with E-state index in [1.54, 1.807) is 62.1 Å². The third-order valence-corrected chi connectivity index (χ3v) is 5.33. The van der Waals surface area contributed by atoms with Gasteiger partial charge in [-0.05, 0) is 42.0 Å². The normalized spacial score (nSPS) is 12.2. The Balaban J connectivity index is 1.62. The summed E-state index contributed by atoms with van der Waals surface area (Å²) in [7, 11) is 4.48. The van der Waals surface area contributed by atoms with Crippen molar-refractivity contribution in [3.8, 4) is 11.5 Å². The molecule has 1 unspecified atom stereocenters. The van der Waals surface area contributed by atoms with Gasteiger partial charge in [0.15, 0.2) is 11.2 Å². The number of benzene rings is 1. The molecule has 0 amide bonds. The average Bonchev–Trinajstić information content (AvgIpc) is 3.24. The smallest absolute Gasteiger partial charge is 0.332 e. The van der Waals surface area contributed by atoms with Gasteiger partial charge in [0, 0.05) is 26.5 Å². The van der Waals surface area contributed by atoms with Crippen molar-refractivity contribution >= 4 is 23.3 Å². The number of hydrogen-bond donors (Lipinski definition) is 2. The van der Waals surface area contributed by atoms with Crippen LogP contribution >= 0.6 is 0 Å². The molecule has 0 bridgehead atoms. The Labute approximate surface area is 199 Å². The quantitative estimate of drug-likeness (QED) is 0.265. The van der Waals surface area contributed by atoms with Crippen LogP contribution in [0.4, 0.5) is 5.95 Å². The van der Waals surface area contributed by atoms with Crippen molar-refractivity contribution in [2.24, 2.45) is 19.2 Å². The number of methoxy groups -OCH3 is 1. The van der Waals surface area contributed by atoms with E-state index in [1.165, 1.54) is 23.2 Å². The summed E-state index contributed by atoms with van der Waals surface area (Å²) in [5.41, 5.74) is 2.88. The lowest BCUT2D eigenvalue weighted by molar-refractivity contribution is 0.0938. The summed E-state index contributed by atoms with van der Waals surface area (Å²) < 4.78 is 14.5. The molecule has 4 aromatic rings. The topological polar surface area (TPSA) is 138 Å². The number of fused-ring (bicyclic) bond motifs is 1. The SMILES string of the molecule is COc1ccc(OCC(O)Cn2c(N/N=C/c3ccncc3)nc3c2c(=O)n(C)c(=O)n3C)cc1. The third kappa shape index (κ3) is 5.06. The highest BCUT2D eigenvalue weighted by Crippen LogP contribution is 2.19. The molecular weight excluding hydrogens is 454 g/mol. The number of pyridine rings is 1. The van der Waals surface area contributed by atoms with Crippen molar-refractivity contribution < 1.29 is 14.6 Å². The third-order valence-electron chi connectivity index (χ3n) is 5.33. The summed E-state index contributed by atoms with van der Waals surface area (Å²) in [4.78, 5) is 33.7. The van der Waals surface area contributed by atoms with Crippen LogP contribution in [-0.4, -0.2) is 54.8 Å². The van der Waals surface area contributed by atoms with Gasteiger partial charge in [0.1, 0.15) is 24.2 Å². The summed E-state index contributed by atoms with van der Waals surface area (Å²) in [6, 6.07) is 10.5. The first-order chi connectivity index (χ1) is 16.9. The number of aryl methyl sites for hydroxylation is 1. The molecule has 0 aliphatic carbocycles. The monoisotopic (exact) mass is 479 g/mol. The van der Waals surface area contributed by atoms with E-state index in [-0.39, 0.29) is 30.3 Å². The zero-order chi connectivity index (χ0) is 24.9. The Bertz CT molecular complexity index is 1460. The Hall–Kier alpha value is -4.45. The van der Waals surface area contributed by atoms with E-state index >= 15 is 0 Å². The first-order valence-corrected chi connectivity index (χ1v) is 10.7. The minimum absolute atomic E-state index is 0.0345. The largest absolute Gasteiger partial charge is 0.497 e. The second-order valence-corrected chi connectivity index (χ2v) is 7.71. The van der Waals surface area contributed by atoms with Gasteiger partial charge in [0.25, 0.3) is 5.56 Å². The van der Waals surface area contributed by atoms with Gasteiger partial charge in [-0.15, -0.1) is 0 Å². The second kappa shape index (κ2) is 10.2. The van der Waals surface area contributed by atoms with Crippen LogP contribution in [0.25, 0.3) is 11.2 Å². The van der Waals surface area contributed by atoms with Crippen LogP contribution in [0.3, 0.4) is 0 Å². The molecule has 0 saturated heterocycles. The Kier molecular flexibility index (Phi) is 6.92. The maximum atomic E-state index is 12.9. The minimum Gasteiger partial charge on any atom is -0.497 e. The first-order valence-electron chi connectivity index (χ1n) is 10.7. The highest BCUT2D eigenvalue weighted by molar-refractivity contribution is 5.80. The fourth-order valence-electron chi connectivity index (χ4n) is 3.45. The Morgan fingerprint density at radius 1 is 1.09 bits per heavy atom. The predicted octanol–water partition coefficient (Wildman–Crippen LogP) is 0.723. The molecule has 3 aromatic heterocycles. The molecule has 35 heavy (non-hydrogen) atoms. The summed E-state index contributed by atoms with van der Waals surface area (Å²) in [6.07, 6.45) is 3.83. The molecule has 12 nitrogen and oxygen atoms in total. The molecule has 3 heterocycles. The molecule has 0 radical (unpaired) electrons. The van der Waals surface area contributed by atoms with E-state index in [1.807, 2.05) is 0 Å². The number of anilines is 1. The van der Waals surface area contributed by atoms with E-state index in [9.17, 15) is 14.7 Å². The van der Waals surface area contributed by atoms with E-state index in [4.69, 9.17) is 9.47 Å². The molecule has 0 fully saturated rings. The van der Waals surface area contributed by atoms with Gasteiger partial charge < -0.3 is 19.1 Å². The molecule has 1 aromatic carbocycles. The van der Waals surface area contributed by atoms with Crippen molar-refractivity contribution in [2.75, 3.05) is 19.1 Å². The van der Waals surface area contributed by atoms with Gasteiger partial charge in [-0.25, -0.2) is 10.2 Å². The molecule has 0 saturated carbocycles. The number of nitrogens with one attached hydrogen (secondary N) is 1. The highest BCUT2D eigenvalue weighted by Gasteiger charge is 2.21. The van der Waals surface area contributed by atoms with Gasteiger partial charge in [-0.3, -0.25) is 18.9 Å². The molecular formula is C23H25N7O5. The molecule has 0 spiro atoms. The molecule has 2 N–H and O–H groups in total. The summed E-state index contributed by atoms with van der Waals surface area (Å²) in [5.74, 6) is 1.43. The summed E-state index contributed by atoms with van der Waals surface area (Å²) >= 11 is 0. The average molecular weight is 479 g/mol. The molecule has 0 aliphatic heterocycles. The Morgan fingerprint density at radius 3 is 2.46 bits per heavy atom. The van der Waals surface area contributed by atoms with Crippen LogP contribution in [0.2, 0.25) is 0 Å². The van der Waals surface area contributed by atoms with Gasteiger partial charge in [-0.2, -0.15) is 10.1 Å². The lowest BCUT2D eigenvalue weighted by atomic mass is 10.3. The van der Waals surface area contributed by atoms with Crippen LogP contribution in [0, 0.1) is 0 Å². The number of aliphatic hydroxyl groups is 1. The fraction of sp³-hybridized carbons (Fsp3) is 0.261. The number of aliphatic hydroxyl groups excluding tert-OH is 1. The first kappa shape index (κ1) is 23.7. The second-order valence-electron chi connectivity index (χ2n) is 7.71. The zero-order valence-corrected chi connectivity index (χ0v) is 19.5. The van der Waals surface area contributed by atoms with Gasteiger partial charge >= 0.3 is 5.69 Å². The van der Waals surface area contributed by atoms with Gasteiger partial charge in [0.2, 0.25) is 5.95 Å². The van der Waals surface area contributed by atoms with Crippen molar-refractivity contribution in [1.29, 1.82) is 0 Å². The minimum atomic E-state index is -0.999. The highest BCUT2D eigenvalue weighted by atomic mass is 16.5. The van der Waals surface area contributed by atoms with E-state index < -0.39 is 17.4 Å². The maximum absolute atomic E-state index is 12.9. The molecule has 1 atom stereocenters. The van der Waals surface area contributed by atoms with Crippen molar-refractivity contribution in [1.82, 2.24) is 23.7 Å². The maximum Gasteiger partial charge on any atom is 0.332 e. The van der Waals surface area contributed by atoms with Gasteiger partial charge in [0.05, 0.1) is 19.9 Å². The Morgan fingerprint density at radius 2 is 1.77 bits per heavy atom. The van der Waals surface area contributed by atoms with Crippen LogP contribution in [-0.2, 0) is 20.6 Å². The number of nitrogens with zero attached hydrogens (tertiary/aromatic N) is 6. The van der Waals surface area contributed by atoms with Crippen LogP contribution in [0.1, 0.15) is 5.56 Å².